The van der Waals surface area contributed by atoms with Gasteiger partial charge in [0.25, 0.3) is 5.56 Å². The van der Waals surface area contributed by atoms with Crippen LogP contribution >= 0.6 is 23.5 Å². The van der Waals surface area contributed by atoms with Gasteiger partial charge in [0.1, 0.15) is 12.3 Å². The lowest BCUT2D eigenvalue weighted by molar-refractivity contribution is -0.0468. The maximum absolute atomic E-state index is 12.0. The Morgan fingerprint density at radius 2 is 1.73 bits per heavy atom. The van der Waals surface area contributed by atoms with Crippen molar-refractivity contribution in [2.45, 2.75) is 32.3 Å². The first-order chi connectivity index (χ1) is 13.5. The molecule has 19 heteroatoms. The molecule has 16 nitrogen and oxygen atoms in total. The maximum atomic E-state index is 12.0. The van der Waals surface area contributed by atoms with Crippen molar-refractivity contribution in [3.8, 4) is 0 Å². The third kappa shape index (κ3) is 6.50. The van der Waals surface area contributed by atoms with E-state index in [1.54, 1.807) is 0 Å². The predicted molar refractivity (Wildman–Crippen MR) is 95.0 cm³/mol. The zero-order valence-electron chi connectivity index (χ0n) is 15.3. The van der Waals surface area contributed by atoms with Gasteiger partial charge in [0.15, 0.2) is 0 Å². The minimum absolute atomic E-state index is 0.177. The summed E-state index contributed by atoms with van der Waals surface area (Å²) >= 11 is 0. The molecule has 2 heterocycles. The molecular formula is C11H19N2O14P3. The van der Waals surface area contributed by atoms with Crippen molar-refractivity contribution in [1.29, 1.82) is 0 Å². The van der Waals surface area contributed by atoms with E-state index in [0.29, 0.717) is 0 Å². The zero-order chi connectivity index (χ0) is 23.1. The van der Waals surface area contributed by atoms with Crippen LogP contribution in [0.3, 0.4) is 0 Å². The number of phosphoric ester groups is 1. The van der Waals surface area contributed by atoms with Crippen LogP contribution in [0.15, 0.2) is 15.8 Å². The number of nitrogens with one attached hydrogen (secondary N) is 1. The van der Waals surface area contributed by atoms with E-state index in [-0.39, 0.29) is 5.56 Å². The lowest BCUT2D eigenvalue weighted by Crippen LogP contribution is -2.35. The number of ether oxygens (including phenoxy) is 1. The van der Waals surface area contributed by atoms with Crippen molar-refractivity contribution in [2.75, 3.05) is 6.61 Å². The summed E-state index contributed by atoms with van der Waals surface area (Å²) in [5.41, 5.74) is -1.27. The van der Waals surface area contributed by atoms with Crippen molar-refractivity contribution in [3.05, 3.63) is 32.6 Å². The van der Waals surface area contributed by atoms with Gasteiger partial charge in [0, 0.05) is 17.7 Å². The van der Waals surface area contributed by atoms with Crippen LogP contribution in [0.25, 0.3) is 0 Å². The third-order valence-corrected chi connectivity index (χ3v) is 7.72. The van der Waals surface area contributed by atoms with Gasteiger partial charge in [0.2, 0.25) is 0 Å². The van der Waals surface area contributed by atoms with Crippen LogP contribution < -0.4 is 11.2 Å². The molecule has 172 valence electrons. The first-order valence-corrected chi connectivity index (χ1v) is 12.5. The molecule has 1 aliphatic heterocycles. The Morgan fingerprint density at radius 3 is 2.30 bits per heavy atom. The van der Waals surface area contributed by atoms with Gasteiger partial charge >= 0.3 is 29.2 Å². The molecule has 30 heavy (non-hydrogen) atoms. The van der Waals surface area contributed by atoms with E-state index in [4.69, 9.17) is 19.4 Å². The maximum Gasteiger partial charge on any atom is 0.490 e. The van der Waals surface area contributed by atoms with E-state index >= 15 is 0 Å². The smallest absolute Gasteiger partial charge is 0.390 e. The second kappa shape index (κ2) is 8.87. The quantitative estimate of drug-likeness (QED) is 0.239. The van der Waals surface area contributed by atoms with E-state index in [1.165, 1.54) is 20.0 Å². The van der Waals surface area contributed by atoms with Crippen LogP contribution in [-0.2, 0) is 31.6 Å². The van der Waals surface area contributed by atoms with Crippen LogP contribution in [0.5, 0.6) is 0 Å². The number of aryl methyl sites for hydroxylation is 1. The predicted octanol–water partition coefficient (Wildman–Crippen LogP) is -0.917. The van der Waals surface area contributed by atoms with Crippen molar-refractivity contribution in [3.63, 3.8) is 0 Å². The molecule has 0 radical (unpaired) electrons. The number of hydrogen-bond donors (Lipinski definition) is 6. The molecule has 1 aliphatic rings. The zero-order valence-corrected chi connectivity index (χ0v) is 18.0. The van der Waals surface area contributed by atoms with Crippen LogP contribution in [0.1, 0.15) is 18.7 Å². The molecule has 0 aromatic carbocycles. The van der Waals surface area contributed by atoms with Crippen molar-refractivity contribution in [2.24, 2.45) is 5.92 Å². The summed E-state index contributed by atoms with van der Waals surface area (Å²) in [6.45, 7) is 2.02. The normalized spacial score (nSPS) is 28.8. The summed E-state index contributed by atoms with van der Waals surface area (Å²) in [6.07, 6.45) is -2.58. The van der Waals surface area contributed by atoms with E-state index in [2.05, 4.69) is 18.1 Å². The molecule has 1 fully saturated rings. The van der Waals surface area contributed by atoms with E-state index in [9.17, 15) is 33.3 Å². The largest absolute Gasteiger partial charge is 0.490 e. The topological polar surface area (TPSA) is 244 Å². The minimum Gasteiger partial charge on any atom is -0.390 e. The average Bonchev–Trinajstić information content (AvgIpc) is 2.81. The van der Waals surface area contributed by atoms with Gasteiger partial charge in [0.05, 0.1) is 12.7 Å². The van der Waals surface area contributed by atoms with Gasteiger partial charge in [-0.15, -0.1) is 0 Å². The van der Waals surface area contributed by atoms with Gasteiger partial charge in [-0.05, 0) is 6.92 Å². The Balaban J connectivity index is 2.09. The fourth-order valence-electron chi connectivity index (χ4n) is 2.59. The van der Waals surface area contributed by atoms with Gasteiger partial charge in [-0.3, -0.25) is 18.9 Å². The second-order valence-electron chi connectivity index (χ2n) is 6.28. The third-order valence-electron chi connectivity index (χ3n) is 3.92. The van der Waals surface area contributed by atoms with E-state index in [0.717, 1.165) is 4.57 Å². The van der Waals surface area contributed by atoms with Crippen LogP contribution in [-0.4, -0.2) is 53.0 Å². The lowest BCUT2D eigenvalue weighted by Gasteiger charge is -2.19. The summed E-state index contributed by atoms with van der Waals surface area (Å²) in [7, 11) is -16.6. The number of rotatable bonds is 8. The van der Waals surface area contributed by atoms with E-state index in [1.807, 2.05) is 0 Å². The first kappa shape index (κ1) is 25.3. The van der Waals surface area contributed by atoms with Gasteiger partial charge < -0.3 is 29.4 Å². The molecule has 0 saturated carbocycles. The molecule has 1 saturated heterocycles. The average molecular weight is 496 g/mol. The molecule has 2 rings (SSSR count). The molecule has 0 bridgehead atoms. The summed E-state index contributed by atoms with van der Waals surface area (Å²) in [5, 5.41) is 10.2. The molecule has 0 spiro atoms. The monoisotopic (exact) mass is 496 g/mol. The highest BCUT2D eigenvalue weighted by Gasteiger charge is 2.45. The molecule has 0 amide bonds. The van der Waals surface area contributed by atoms with E-state index < -0.39 is 65.7 Å². The van der Waals surface area contributed by atoms with Crippen molar-refractivity contribution >= 4 is 23.5 Å². The second-order valence-corrected chi connectivity index (χ2v) is 10.7. The van der Waals surface area contributed by atoms with Crippen LogP contribution in [0.2, 0.25) is 0 Å². The molecular weight excluding hydrogens is 477 g/mol. The molecule has 6 unspecified atom stereocenters. The number of aromatic amines is 1. The molecule has 0 aliphatic carbocycles. The van der Waals surface area contributed by atoms with Gasteiger partial charge in [-0.1, -0.05) is 6.92 Å². The van der Waals surface area contributed by atoms with Gasteiger partial charge in [-0.25, -0.2) is 18.5 Å². The summed E-state index contributed by atoms with van der Waals surface area (Å²) < 4.78 is 51.7. The number of aliphatic hydroxyl groups is 1. The number of aromatic nitrogens is 2. The molecule has 1 aromatic heterocycles. The minimum atomic E-state index is -5.68. The summed E-state index contributed by atoms with van der Waals surface area (Å²) in [6, 6.07) is 0. The summed E-state index contributed by atoms with van der Waals surface area (Å²) in [4.78, 5) is 61.0. The fraction of sp³-hybridized carbons (Fsp3) is 0.636. The Bertz CT molecular complexity index is 1040. The standard InChI is InChI=1S/C11H19N2O14P3/c1-5-3-13(11(16)12-9(5)15)10-6(2)8(14)7(25-10)4-24-29(20,21)27-30(22,23)26-28(17,18)19/h3,6-8,10,14H,4H2,1-2H3,(H,20,21)(H,22,23)(H,12,15,16)(H2,17,18,19). The number of phosphoric acid groups is 3. The lowest BCUT2D eigenvalue weighted by atomic mass is 10.0. The number of H-pyrrole nitrogens is 1. The highest BCUT2D eigenvalue weighted by Crippen LogP contribution is 2.66. The Labute approximate surface area is 167 Å². The molecule has 6 atom stereocenters. The Morgan fingerprint density at radius 1 is 1.13 bits per heavy atom. The molecule has 1 aromatic rings. The molecule has 6 N–H and O–H groups in total. The fourth-order valence-corrected chi connectivity index (χ4v) is 5.62. The highest BCUT2D eigenvalue weighted by molar-refractivity contribution is 7.66. The van der Waals surface area contributed by atoms with Crippen LogP contribution in [0.4, 0.5) is 0 Å². The van der Waals surface area contributed by atoms with Crippen LogP contribution in [0, 0.1) is 12.8 Å². The Kier molecular flexibility index (Phi) is 7.47. The first-order valence-electron chi connectivity index (χ1n) is 7.95. The number of hydrogen-bond acceptors (Lipinski definition) is 10. The van der Waals surface area contributed by atoms with Gasteiger partial charge in [-0.2, -0.15) is 8.62 Å². The highest BCUT2D eigenvalue weighted by atomic mass is 31.3. The Hall–Kier alpha value is -0.990. The van der Waals surface area contributed by atoms with Crippen molar-refractivity contribution in [1.82, 2.24) is 9.55 Å². The number of aliphatic hydroxyl groups excluding tert-OH is 1. The summed E-state index contributed by atoms with van der Waals surface area (Å²) in [5.74, 6) is -0.762. The SMILES string of the molecule is Cc1cn(C2OC(COP(=O)(O)OP(=O)(O)OP(=O)(O)O)C(O)C2C)c(=O)[nH]c1=O. The number of nitrogens with zero attached hydrogens (tertiary/aromatic N) is 1. The van der Waals surface area contributed by atoms with Crippen molar-refractivity contribution < 1.29 is 56.3 Å².